The largest absolute Gasteiger partial charge is 0.508 e. The monoisotopic (exact) mass is 341 g/mol. The van der Waals surface area contributed by atoms with Gasteiger partial charge in [-0.1, -0.05) is 52.0 Å². The second-order valence-electron chi connectivity index (χ2n) is 9.28. The Bertz CT molecular complexity index is 604. The summed E-state index contributed by atoms with van der Waals surface area (Å²) in [5.74, 6) is 2.02. The number of nitrogens with zero attached hydrogens (tertiary/aromatic N) is 1. The number of fused-ring (bicyclic) bond motifs is 4. The van der Waals surface area contributed by atoms with Gasteiger partial charge in [-0.15, -0.1) is 0 Å². The van der Waals surface area contributed by atoms with Crippen LogP contribution in [-0.4, -0.2) is 29.1 Å². The molecular formula is C23H35NO. The molecule has 1 unspecified atom stereocenters. The summed E-state index contributed by atoms with van der Waals surface area (Å²) in [6.45, 7) is 7.45. The minimum absolute atomic E-state index is 0.231. The molecule has 1 heterocycles. The first-order valence-corrected chi connectivity index (χ1v) is 10.6. The van der Waals surface area contributed by atoms with Gasteiger partial charge in [-0.25, -0.2) is 0 Å². The van der Waals surface area contributed by atoms with Crippen molar-refractivity contribution >= 4 is 0 Å². The molecule has 4 rings (SSSR count). The molecule has 2 fully saturated rings. The fourth-order valence-electron chi connectivity index (χ4n) is 5.98. The van der Waals surface area contributed by atoms with E-state index in [2.05, 4.69) is 24.8 Å². The molecular weight excluding hydrogens is 306 g/mol. The van der Waals surface area contributed by atoms with E-state index in [0.717, 1.165) is 5.92 Å². The normalized spacial score (nSPS) is 34.2. The van der Waals surface area contributed by atoms with Crippen LogP contribution in [0.2, 0.25) is 0 Å². The molecule has 3 aliphatic rings. The van der Waals surface area contributed by atoms with Crippen molar-refractivity contribution in [3.63, 3.8) is 0 Å². The number of phenols is 1. The van der Waals surface area contributed by atoms with Crippen molar-refractivity contribution in [3.8, 4) is 5.75 Å². The Balaban J connectivity index is 1.53. The summed E-state index contributed by atoms with van der Waals surface area (Å²) >= 11 is 0. The molecule has 2 aliphatic carbocycles. The number of hydrogen-bond acceptors (Lipinski definition) is 2. The van der Waals surface area contributed by atoms with Crippen molar-refractivity contribution in [1.29, 1.82) is 0 Å². The van der Waals surface area contributed by atoms with Crippen LogP contribution in [0.4, 0.5) is 0 Å². The average Bonchev–Trinajstić information content (AvgIpc) is 2.56. The molecule has 1 N–H and O–H groups in total. The minimum atomic E-state index is 0.231. The number of likely N-dealkylation sites (tertiary alicyclic amines) is 1. The summed E-state index contributed by atoms with van der Waals surface area (Å²) in [4.78, 5) is 2.84. The molecule has 0 aromatic heterocycles. The predicted octanol–water partition coefficient (Wildman–Crippen LogP) is 5.28. The highest BCUT2D eigenvalue weighted by Crippen LogP contribution is 2.49. The first-order chi connectivity index (χ1) is 12.1. The molecule has 1 aromatic carbocycles. The summed E-state index contributed by atoms with van der Waals surface area (Å²) in [6, 6.07) is 6.79. The molecule has 0 spiro atoms. The summed E-state index contributed by atoms with van der Waals surface area (Å²) in [5.41, 5.74) is 3.13. The van der Waals surface area contributed by atoms with E-state index in [9.17, 15) is 5.11 Å². The number of rotatable bonds is 2. The lowest BCUT2D eigenvalue weighted by atomic mass is 9.59. The zero-order chi connectivity index (χ0) is 17.4. The minimum Gasteiger partial charge on any atom is -0.508 e. The Morgan fingerprint density at radius 3 is 2.60 bits per heavy atom. The maximum Gasteiger partial charge on any atom is 0.115 e. The third-order valence-corrected chi connectivity index (χ3v) is 7.82. The molecule has 2 heteroatoms. The van der Waals surface area contributed by atoms with Crippen LogP contribution in [-0.2, 0) is 11.8 Å². The van der Waals surface area contributed by atoms with E-state index in [-0.39, 0.29) is 5.41 Å². The van der Waals surface area contributed by atoms with E-state index in [4.69, 9.17) is 0 Å². The van der Waals surface area contributed by atoms with Gasteiger partial charge in [0.1, 0.15) is 5.75 Å². The number of benzene rings is 1. The van der Waals surface area contributed by atoms with E-state index in [1.165, 1.54) is 82.0 Å². The van der Waals surface area contributed by atoms with Crippen LogP contribution >= 0.6 is 0 Å². The molecule has 1 saturated carbocycles. The quantitative estimate of drug-likeness (QED) is 0.791. The van der Waals surface area contributed by atoms with Gasteiger partial charge in [-0.05, 0) is 72.7 Å². The van der Waals surface area contributed by atoms with Crippen LogP contribution in [0, 0.1) is 11.8 Å². The molecule has 2 bridgehead atoms. The van der Waals surface area contributed by atoms with Crippen LogP contribution in [0.25, 0.3) is 0 Å². The Morgan fingerprint density at radius 2 is 1.84 bits per heavy atom. The van der Waals surface area contributed by atoms with Crippen molar-refractivity contribution in [2.24, 2.45) is 11.8 Å². The first kappa shape index (κ1) is 17.4. The summed E-state index contributed by atoms with van der Waals surface area (Å²) < 4.78 is 0. The fraction of sp³-hybridized carbons (Fsp3) is 0.739. The molecule has 3 atom stereocenters. The van der Waals surface area contributed by atoms with Gasteiger partial charge in [-0.2, -0.15) is 0 Å². The lowest BCUT2D eigenvalue weighted by Crippen LogP contribution is -2.58. The van der Waals surface area contributed by atoms with E-state index in [1.54, 1.807) is 0 Å². The molecule has 1 aromatic rings. The lowest BCUT2D eigenvalue weighted by molar-refractivity contribution is 0.0183. The van der Waals surface area contributed by atoms with Gasteiger partial charge in [0, 0.05) is 12.6 Å². The topological polar surface area (TPSA) is 23.5 Å². The van der Waals surface area contributed by atoms with Crippen LogP contribution in [0.5, 0.6) is 5.75 Å². The number of piperidine rings is 1. The molecule has 1 saturated heterocycles. The summed E-state index contributed by atoms with van der Waals surface area (Å²) in [7, 11) is 0. The van der Waals surface area contributed by atoms with Gasteiger partial charge in [0.25, 0.3) is 0 Å². The molecule has 0 radical (unpaired) electrons. The average molecular weight is 342 g/mol. The van der Waals surface area contributed by atoms with Gasteiger partial charge < -0.3 is 5.11 Å². The predicted molar refractivity (Wildman–Crippen MR) is 104 cm³/mol. The summed E-state index contributed by atoms with van der Waals surface area (Å²) in [6.07, 6.45) is 12.5. The van der Waals surface area contributed by atoms with Crippen LogP contribution in [0.3, 0.4) is 0 Å². The van der Waals surface area contributed by atoms with Crippen molar-refractivity contribution in [2.45, 2.75) is 83.1 Å². The van der Waals surface area contributed by atoms with E-state index in [1.807, 2.05) is 12.1 Å². The maximum atomic E-state index is 9.99. The Morgan fingerprint density at radius 1 is 1.12 bits per heavy atom. The van der Waals surface area contributed by atoms with Crippen LogP contribution in [0.15, 0.2) is 18.2 Å². The van der Waals surface area contributed by atoms with Gasteiger partial charge in [-0.3, -0.25) is 4.90 Å². The first-order valence-electron chi connectivity index (χ1n) is 10.6. The van der Waals surface area contributed by atoms with Crippen molar-refractivity contribution in [1.82, 2.24) is 4.90 Å². The van der Waals surface area contributed by atoms with E-state index >= 15 is 0 Å². The van der Waals surface area contributed by atoms with Gasteiger partial charge in [0.2, 0.25) is 0 Å². The smallest absolute Gasteiger partial charge is 0.115 e. The van der Waals surface area contributed by atoms with E-state index < -0.39 is 0 Å². The molecule has 25 heavy (non-hydrogen) atoms. The Kier molecular flexibility index (Phi) is 4.83. The van der Waals surface area contributed by atoms with Gasteiger partial charge in [0.05, 0.1) is 0 Å². The zero-order valence-corrected chi connectivity index (χ0v) is 16.1. The highest BCUT2D eigenvalue weighted by molar-refractivity contribution is 5.44. The third-order valence-electron chi connectivity index (χ3n) is 7.82. The summed E-state index contributed by atoms with van der Waals surface area (Å²) in [5, 5.41) is 9.99. The standard InChI is InChI=1S/C23H35NO/c1-17-22-14-19-10-11-20(25)15-21(19)23(17,2)12-13-24(22)16-18-8-6-4-3-5-7-9-18/h10-11,15,17-18,22,25H,3-9,12-14,16H2,1-2H3/t17-,22?,23-/m1/s1. The number of hydrogen-bond donors (Lipinski definition) is 1. The number of phenolic OH excluding ortho intramolecular Hbond substituents is 1. The fourth-order valence-corrected chi connectivity index (χ4v) is 5.98. The SMILES string of the molecule is C[C@@H]1C2Cc3ccc(O)cc3[C@]1(C)CCN2CC1CCCCCCC1. The second-order valence-corrected chi connectivity index (χ2v) is 9.28. The van der Waals surface area contributed by atoms with E-state index in [0.29, 0.717) is 17.7 Å². The second kappa shape index (κ2) is 6.95. The molecule has 1 aliphatic heterocycles. The van der Waals surface area contributed by atoms with Gasteiger partial charge >= 0.3 is 0 Å². The van der Waals surface area contributed by atoms with Crippen molar-refractivity contribution in [3.05, 3.63) is 29.3 Å². The maximum absolute atomic E-state index is 9.99. The highest BCUT2D eigenvalue weighted by Gasteiger charge is 2.48. The molecule has 138 valence electrons. The zero-order valence-electron chi connectivity index (χ0n) is 16.1. The highest BCUT2D eigenvalue weighted by atomic mass is 16.3. The van der Waals surface area contributed by atoms with Crippen LogP contribution < -0.4 is 0 Å². The van der Waals surface area contributed by atoms with Crippen molar-refractivity contribution in [2.75, 3.05) is 13.1 Å². The Hall–Kier alpha value is -1.02. The van der Waals surface area contributed by atoms with Crippen molar-refractivity contribution < 1.29 is 5.11 Å². The molecule has 0 amide bonds. The molecule has 2 nitrogen and oxygen atoms in total. The Labute approximate surface area is 153 Å². The third kappa shape index (κ3) is 3.23. The van der Waals surface area contributed by atoms with Crippen LogP contribution in [0.1, 0.15) is 76.3 Å². The number of aromatic hydroxyl groups is 1. The van der Waals surface area contributed by atoms with Gasteiger partial charge in [0.15, 0.2) is 0 Å². The lowest BCUT2D eigenvalue weighted by Gasteiger charge is -2.55.